The Bertz CT molecular complexity index is 458. The Morgan fingerprint density at radius 1 is 1.23 bits per heavy atom. The van der Waals surface area contributed by atoms with Crippen LogP contribution in [0.4, 0.5) is 0 Å². The molecule has 132 valence electrons. The van der Waals surface area contributed by atoms with Gasteiger partial charge in [-0.3, -0.25) is 9.09 Å². The number of rotatable bonds is 7. The summed E-state index contributed by atoms with van der Waals surface area (Å²) in [5, 5.41) is 0. The molecular formula is C12H28NO7P2+. The molecule has 0 aliphatic carbocycles. The van der Waals surface area contributed by atoms with Gasteiger partial charge in [-0.1, -0.05) is 6.92 Å². The van der Waals surface area contributed by atoms with E-state index >= 15 is 0 Å². The van der Waals surface area contributed by atoms with Crippen molar-refractivity contribution in [3.8, 4) is 0 Å². The molecule has 0 spiro atoms. The Morgan fingerprint density at radius 3 is 2.27 bits per heavy atom. The molecule has 8 nitrogen and oxygen atoms in total. The molecule has 1 rings (SSSR count). The monoisotopic (exact) mass is 360 g/mol. The van der Waals surface area contributed by atoms with E-state index in [1.807, 2.05) is 0 Å². The maximum Gasteiger partial charge on any atom is 0.470 e. The maximum atomic E-state index is 11.3. The number of likely N-dealkylation sites (tertiary alicyclic amines) is 1. The molecule has 4 N–H and O–H groups in total. The standard InChI is InChI=1S/C12H27NO7P2/c1-10-6-5-9-13(2,3)11(10)7-4-8-12(21(14,15)16)20-22(17,18)19/h10-12H,4-9H2,1-3H3,(H3-,14,15,16,17,18,19)/p+1. The molecule has 10 heteroatoms. The molecule has 1 fully saturated rings. The quantitative estimate of drug-likeness (QED) is 0.402. The van der Waals surface area contributed by atoms with E-state index in [2.05, 4.69) is 25.5 Å². The fraction of sp³-hybridized carbons (Fsp3) is 1.00. The van der Waals surface area contributed by atoms with Gasteiger partial charge in [-0.25, -0.2) is 4.57 Å². The van der Waals surface area contributed by atoms with Gasteiger partial charge in [-0.15, -0.1) is 0 Å². The lowest BCUT2D eigenvalue weighted by atomic mass is 9.86. The summed E-state index contributed by atoms with van der Waals surface area (Å²) in [4.78, 5) is 35.9. The molecule has 0 bridgehead atoms. The Hall–Kier alpha value is 0.220. The number of phosphoric ester groups is 1. The summed E-state index contributed by atoms with van der Waals surface area (Å²) >= 11 is 0. The zero-order chi connectivity index (χ0) is 17.2. The first-order chi connectivity index (χ1) is 9.83. The molecule has 0 saturated carbocycles. The van der Waals surface area contributed by atoms with Crippen LogP contribution in [0.5, 0.6) is 0 Å². The molecule has 3 unspecified atom stereocenters. The topological polar surface area (TPSA) is 124 Å². The van der Waals surface area contributed by atoms with E-state index < -0.39 is 21.3 Å². The lowest BCUT2D eigenvalue weighted by Crippen LogP contribution is -2.55. The van der Waals surface area contributed by atoms with Crippen molar-refractivity contribution in [2.24, 2.45) is 5.92 Å². The highest BCUT2D eigenvalue weighted by Gasteiger charge is 2.38. The van der Waals surface area contributed by atoms with E-state index in [1.54, 1.807) is 0 Å². The molecule has 1 heterocycles. The summed E-state index contributed by atoms with van der Waals surface area (Å²) in [6.07, 6.45) is 3.42. The van der Waals surface area contributed by atoms with E-state index in [4.69, 9.17) is 9.79 Å². The highest BCUT2D eigenvalue weighted by Crippen LogP contribution is 2.52. The normalized spacial score (nSPS) is 27.6. The first kappa shape index (κ1) is 20.3. The zero-order valence-corrected chi connectivity index (χ0v) is 15.1. The highest BCUT2D eigenvalue weighted by atomic mass is 31.2. The Morgan fingerprint density at radius 2 is 1.82 bits per heavy atom. The molecule has 0 aromatic carbocycles. The van der Waals surface area contributed by atoms with Crippen LogP contribution in [0.15, 0.2) is 0 Å². The first-order valence-corrected chi connectivity index (χ1v) is 10.7. The highest BCUT2D eigenvalue weighted by molar-refractivity contribution is 7.53. The van der Waals surface area contributed by atoms with Gasteiger partial charge >= 0.3 is 15.4 Å². The summed E-state index contributed by atoms with van der Waals surface area (Å²) in [7, 11) is -5.34. The molecule has 3 atom stereocenters. The minimum Gasteiger partial charge on any atom is -0.326 e. The summed E-state index contributed by atoms with van der Waals surface area (Å²) in [5.41, 5.74) is 0. The molecule has 1 saturated heterocycles. The molecule has 22 heavy (non-hydrogen) atoms. The van der Waals surface area contributed by atoms with Crippen molar-refractivity contribution in [1.29, 1.82) is 0 Å². The number of phosphoric acid groups is 1. The van der Waals surface area contributed by atoms with Gasteiger partial charge < -0.3 is 24.1 Å². The minimum absolute atomic E-state index is 0.0708. The third kappa shape index (κ3) is 6.38. The predicted octanol–water partition coefficient (Wildman–Crippen LogP) is 1.64. The van der Waals surface area contributed by atoms with Gasteiger partial charge in [-0.05, 0) is 32.1 Å². The fourth-order valence-corrected chi connectivity index (χ4v) is 5.25. The SMILES string of the molecule is CC1CCC[N+](C)(C)C1CCCC(OP(=O)(O)O)P(=O)(O)O. The number of hydrogen-bond donors (Lipinski definition) is 4. The second-order valence-corrected chi connectivity index (χ2v) is 9.71. The number of piperidine rings is 1. The molecule has 1 aliphatic heterocycles. The van der Waals surface area contributed by atoms with Crippen LogP contribution in [0.1, 0.15) is 39.0 Å². The molecule has 1 aliphatic rings. The summed E-state index contributed by atoms with van der Waals surface area (Å²) < 4.78 is 27.3. The van der Waals surface area contributed by atoms with Crippen molar-refractivity contribution in [3.63, 3.8) is 0 Å². The molecule has 0 amide bonds. The summed E-state index contributed by atoms with van der Waals surface area (Å²) in [5.74, 6) is -1.23. The Labute approximate surface area is 131 Å². The Kier molecular flexibility index (Phi) is 6.82. The van der Waals surface area contributed by atoms with Crippen LogP contribution in [0.25, 0.3) is 0 Å². The molecular weight excluding hydrogens is 332 g/mol. The molecule has 0 aromatic rings. The van der Waals surface area contributed by atoms with E-state index in [-0.39, 0.29) is 6.42 Å². The average molecular weight is 360 g/mol. The van der Waals surface area contributed by atoms with Crippen LogP contribution in [-0.4, -0.2) is 56.6 Å². The van der Waals surface area contributed by atoms with Crippen molar-refractivity contribution in [2.75, 3.05) is 20.6 Å². The minimum atomic E-state index is -4.92. The van der Waals surface area contributed by atoms with Crippen LogP contribution in [0.3, 0.4) is 0 Å². The predicted molar refractivity (Wildman–Crippen MR) is 82.0 cm³/mol. The maximum absolute atomic E-state index is 11.3. The van der Waals surface area contributed by atoms with Crippen molar-refractivity contribution in [1.82, 2.24) is 0 Å². The van der Waals surface area contributed by atoms with Gasteiger partial charge in [0.2, 0.25) is 0 Å². The van der Waals surface area contributed by atoms with Gasteiger partial charge in [0.15, 0.2) is 5.85 Å². The first-order valence-electron chi connectivity index (χ1n) is 7.45. The van der Waals surface area contributed by atoms with Crippen molar-refractivity contribution in [2.45, 2.75) is 50.9 Å². The molecule has 0 radical (unpaired) electrons. The van der Waals surface area contributed by atoms with Gasteiger partial charge in [-0.2, -0.15) is 0 Å². The van der Waals surface area contributed by atoms with Crippen LogP contribution in [0.2, 0.25) is 0 Å². The van der Waals surface area contributed by atoms with Crippen molar-refractivity contribution in [3.05, 3.63) is 0 Å². The lowest BCUT2D eigenvalue weighted by molar-refractivity contribution is -0.924. The Balaban J connectivity index is 2.62. The van der Waals surface area contributed by atoms with Crippen LogP contribution in [-0.2, 0) is 13.7 Å². The van der Waals surface area contributed by atoms with E-state index in [0.29, 0.717) is 18.4 Å². The fourth-order valence-electron chi connectivity index (χ4n) is 3.44. The van der Waals surface area contributed by atoms with Gasteiger partial charge in [0, 0.05) is 5.92 Å². The average Bonchev–Trinajstić information content (AvgIpc) is 2.28. The largest absolute Gasteiger partial charge is 0.470 e. The second-order valence-electron chi connectivity index (χ2n) is 6.76. The second kappa shape index (κ2) is 7.41. The van der Waals surface area contributed by atoms with Gasteiger partial charge in [0.1, 0.15) is 0 Å². The van der Waals surface area contributed by atoms with Crippen LogP contribution in [0, 0.1) is 5.92 Å². The third-order valence-corrected chi connectivity index (χ3v) is 6.34. The van der Waals surface area contributed by atoms with E-state index in [9.17, 15) is 18.9 Å². The van der Waals surface area contributed by atoms with E-state index in [1.165, 1.54) is 0 Å². The van der Waals surface area contributed by atoms with Gasteiger partial charge in [0.25, 0.3) is 0 Å². The zero-order valence-electron chi connectivity index (χ0n) is 13.3. The third-order valence-electron chi connectivity index (χ3n) is 4.53. The number of quaternary nitrogens is 1. The summed E-state index contributed by atoms with van der Waals surface area (Å²) in [6.45, 7) is 3.24. The van der Waals surface area contributed by atoms with E-state index in [0.717, 1.165) is 30.3 Å². The summed E-state index contributed by atoms with van der Waals surface area (Å²) in [6, 6.07) is 0.376. The number of hydrogen-bond acceptors (Lipinski definition) is 3. The van der Waals surface area contributed by atoms with Crippen LogP contribution >= 0.6 is 15.4 Å². The van der Waals surface area contributed by atoms with Crippen molar-refractivity contribution < 1.29 is 37.7 Å². The molecule has 0 aromatic heterocycles. The van der Waals surface area contributed by atoms with Crippen LogP contribution < -0.4 is 0 Å². The van der Waals surface area contributed by atoms with Gasteiger partial charge in [0.05, 0.1) is 26.7 Å². The smallest absolute Gasteiger partial charge is 0.326 e. The lowest BCUT2D eigenvalue weighted by Gasteiger charge is -2.45. The number of nitrogens with zero attached hydrogens (tertiary/aromatic N) is 1. The van der Waals surface area contributed by atoms with Crippen molar-refractivity contribution >= 4 is 15.4 Å².